The predicted octanol–water partition coefficient (Wildman–Crippen LogP) is -0.215. The molecule has 0 bridgehead atoms. The Hall–Kier alpha value is -5.48. The van der Waals surface area contributed by atoms with Gasteiger partial charge in [0.2, 0.25) is 29.9 Å². The molecule has 6 amide bonds. The zero-order valence-corrected chi connectivity index (χ0v) is 35.4. The van der Waals surface area contributed by atoms with Crippen molar-refractivity contribution in [2.24, 2.45) is 5.41 Å². The highest BCUT2D eigenvalue weighted by Crippen LogP contribution is 2.31. The fraction of sp³-hybridized carbons (Fsp3) is 0.610. The number of methoxy groups -OCH3 is 1. The summed E-state index contributed by atoms with van der Waals surface area (Å²) in [6.45, 7) is 5.42. The molecule has 0 aromatic heterocycles. The van der Waals surface area contributed by atoms with Gasteiger partial charge in [-0.3, -0.25) is 38.5 Å². The topological polar surface area (TPSA) is 306 Å². The van der Waals surface area contributed by atoms with E-state index in [0.717, 1.165) is 4.90 Å². The van der Waals surface area contributed by atoms with Crippen molar-refractivity contribution in [2.75, 3.05) is 38.7 Å². The zero-order chi connectivity index (χ0) is 46.0. The Morgan fingerprint density at radius 1 is 0.823 bits per heavy atom. The van der Waals surface area contributed by atoms with Gasteiger partial charge in [-0.1, -0.05) is 12.5 Å². The molecule has 2 aliphatic rings. The Kier molecular flexibility index (Phi) is 20.4. The van der Waals surface area contributed by atoms with Crippen molar-refractivity contribution >= 4 is 53.1 Å². The summed E-state index contributed by atoms with van der Waals surface area (Å²) in [4.78, 5) is 100. The number of nitrogens with zero attached hydrogens (tertiary/aromatic N) is 1. The van der Waals surface area contributed by atoms with Crippen LogP contribution in [0.25, 0.3) is 0 Å². The first-order chi connectivity index (χ1) is 29.3. The molecule has 8 N–H and O–H groups in total. The number of unbranched alkanes of at least 4 members (excludes halogenated alkanes) is 3. The number of amides is 6. The molecule has 62 heavy (non-hydrogen) atoms. The van der Waals surface area contributed by atoms with Crippen LogP contribution in [-0.2, 0) is 59.2 Å². The Morgan fingerprint density at radius 3 is 2.19 bits per heavy atom. The minimum absolute atomic E-state index is 0.0383. The van der Waals surface area contributed by atoms with Crippen molar-refractivity contribution in [2.45, 2.75) is 122 Å². The molecule has 1 fully saturated rings. The third-order valence-corrected chi connectivity index (χ3v) is 9.62. The van der Waals surface area contributed by atoms with Crippen LogP contribution in [0.3, 0.4) is 0 Å². The number of rotatable bonds is 25. The Labute approximate surface area is 358 Å². The van der Waals surface area contributed by atoms with Gasteiger partial charge in [-0.2, -0.15) is 0 Å². The standard InChI is InChI=1S/C41H59N5O16/c1-41(2,3)40(58)60-23-24-12-13-27(61-39-35(54)33(52)34(53)36(62-39)38(56)57)26(22-24)45-30(49)16-19-43-37(55)25(10-7-8-18-42-28(47)17-21-59-4)44-29(48)11-6-5-9-20-46-31(50)14-15-32(46)51/h12-15,22,25,33-36,39,52-54H,5-11,16-21,23H2,1-4H3,(H,42,47)(H,43,55)(H,44,48)(H,45,49)(H,56,57)/t25?,33-,34-,35+,36-,39+/m0/s1. The van der Waals surface area contributed by atoms with Crippen molar-refractivity contribution in [3.8, 4) is 5.75 Å². The number of nitrogens with one attached hydrogen (secondary N) is 4. The minimum Gasteiger partial charge on any atom is -0.479 e. The van der Waals surface area contributed by atoms with E-state index in [9.17, 15) is 58.8 Å². The number of hydrogen-bond acceptors (Lipinski definition) is 15. The number of ether oxygens (including phenoxy) is 4. The van der Waals surface area contributed by atoms with Crippen LogP contribution in [0.1, 0.15) is 84.1 Å². The monoisotopic (exact) mass is 877 g/mol. The second-order valence-electron chi connectivity index (χ2n) is 15.8. The van der Waals surface area contributed by atoms with Crippen molar-refractivity contribution in [3.05, 3.63) is 35.9 Å². The first kappa shape index (κ1) is 50.9. The summed E-state index contributed by atoms with van der Waals surface area (Å²) in [5.74, 6) is -4.89. The maximum Gasteiger partial charge on any atom is 0.335 e. The number of imide groups is 1. The van der Waals surface area contributed by atoms with E-state index in [-0.39, 0.29) is 81.1 Å². The lowest BCUT2D eigenvalue weighted by Crippen LogP contribution is -2.61. The fourth-order valence-electron chi connectivity index (χ4n) is 6.05. The molecular weight excluding hydrogens is 818 g/mol. The molecule has 1 aromatic carbocycles. The number of hydrogen-bond donors (Lipinski definition) is 8. The summed E-state index contributed by atoms with van der Waals surface area (Å²) >= 11 is 0. The number of aliphatic hydroxyl groups is 3. The van der Waals surface area contributed by atoms with Crippen LogP contribution < -0.4 is 26.0 Å². The van der Waals surface area contributed by atoms with Gasteiger partial charge in [-0.15, -0.1) is 0 Å². The Bertz CT molecular complexity index is 1760. The summed E-state index contributed by atoms with van der Waals surface area (Å²) in [6.07, 6.45) is -4.62. The lowest BCUT2D eigenvalue weighted by Gasteiger charge is -2.38. The van der Waals surface area contributed by atoms with Crippen LogP contribution >= 0.6 is 0 Å². The molecule has 2 heterocycles. The number of carbonyl (C=O) groups is 8. The van der Waals surface area contributed by atoms with Gasteiger partial charge in [0.05, 0.1) is 17.7 Å². The molecule has 344 valence electrons. The van der Waals surface area contributed by atoms with E-state index in [1.807, 2.05) is 0 Å². The minimum atomic E-state index is -1.97. The second-order valence-corrected chi connectivity index (χ2v) is 15.8. The molecule has 1 saturated heterocycles. The Morgan fingerprint density at radius 2 is 1.53 bits per heavy atom. The van der Waals surface area contributed by atoms with Crippen LogP contribution in [0.15, 0.2) is 30.4 Å². The third-order valence-electron chi connectivity index (χ3n) is 9.62. The van der Waals surface area contributed by atoms with Crippen molar-refractivity contribution < 1.29 is 77.7 Å². The second kappa shape index (κ2) is 24.8. The number of carboxylic acids is 1. The summed E-state index contributed by atoms with van der Waals surface area (Å²) in [7, 11) is 1.48. The van der Waals surface area contributed by atoms with E-state index < -0.39 is 71.8 Å². The van der Waals surface area contributed by atoms with E-state index in [2.05, 4.69) is 21.3 Å². The smallest absolute Gasteiger partial charge is 0.335 e. The van der Waals surface area contributed by atoms with Crippen LogP contribution in [0.5, 0.6) is 5.75 Å². The SMILES string of the molecule is COCCC(=O)NCCCCC(NC(=O)CCCCCN1C(=O)C=CC1=O)C(=O)NCCC(=O)Nc1cc(COC(=O)C(C)(C)C)ccc1O[C@@H]1O[C@H](C(=O)O)[C@@H](O)[C@H](O)[C@H]1O. The lowest BCUT2D eigenvalue weighted by atomic mass is 9.97. The van der Waals surface area contributed by atoms with Gasteiger partial charge in [-0.25, -0.2) is 4.79 Å². The average molecular weight is 878 g/mol. The largest absolute Gasteiger partial charge is 0.479 e. The molecular formula is C41H59N5O16. The summed E-state index contributed by atoms with van der Waals surface area (Å²) < 4.78 is 21.2. The number of anilines is 1. The molecule has 1 aromatic rings. The van der Waals surface area contributed by atoms with Gasteiger partial charge in [0.1, 0.15) is 36.7 Å². The number of carboxylic acid groups (broad SMARTS) is 1. The molecule has 0 radical (unpaired) electrons. The van der Waals surface area contributed by atoms with Crippen molar-refractivity contribution in [1.82, 2.24) is 20.9 Å². The van der Waals surface area contributed by atoms with E-state index in [4.69, 9.17) is 18.9 Å². The highest BCUT2D eigenvalue weighted by atomic mass is 16.7. The first-order valence-corrected chi connectivity index (χ1v) is 20.4. The van der Waals surface area contributed by atoms with E-state index in [1.54, 1.807) is 20.8 Å². The van der Waals surface area contributed by atoms with Crippen molar-refractivity contribution in [3.63, 3.8) is 0 Å². The van der Waals surface area contributed by atoms with Gasteiger partial charge >= 0.3 is 11.9 Å². The fourth-order valence-corrected chi connectivity index (χ4v) is 6.05. The van der Waals surface area contributed by atoms with Gasteiger partial charge in [0.25, 0.3) is 11.8 Å². The van der Waals surface area contributed by atoms with Crippen LogP contribution in [0.2, 0.25) is 0 Å². The van der Waals surface area contributed by atoms with E-state index in [1.165, 1.54) is 37.5 Å². The lowest BCUT2D eigenvalue weighted by molar-refractivity contribution is -0.271. The molecule has 3 rings (SSSR count). The number of benzene rings is 1. The molecule has 1 unspecified atom stereocenters. The third kappa shape index (κ3) is 16.4. The van der Waals surface area contributed by atoms with Crippen LogP contribution in [-0.4, -0.2) is 143 Å². The molecule has 0 aliphatic carbocycles. The molecule has 2 aliphatic heterocycles. The highest BCUT2D eigenvalue weighted by Gasteiger charge is 2.48. The Balaban J connectivity index is 1.64. The summed E-state index contributed by atoms with van der Waals surface area (Å²) in [5, 5.41) is 51.1. The summed E-state index contributed by atoms with van der Waals surface area (Å²) in [6, 6.07) is 3.20. The van der Waals surface area contributed by atoms with Crippen LogP contribution in [0, 0.1) is 5.41 Å². The predicted molar refractivity (Wildman–Crippen MR) is 217 cm³/mol. The summed E-state index contributed by atoms with van der Waals surface area (Å²) in [5.41, 5.74) is -0.458. The van der Waals surface area contributed by atoms with Gasteiger partial charge in [-0.05, 0) is 70.6 Å². The van der Waals surface area contributed by atoms with Crippen molar-refractivity contribution in [1.29, 1.82) is 0 Å². The van der Waals surface area contributed by atoms with E-state index >= 15 is 0 Å². The number of esters is 1. The van der Waals surface area contributed by atoms with Gasteiger partial charge < -0.3 is 60.6 Å². The molecule has 6 atom stereocenters. The molecule has 0 saturated carbocycles. The quantitative estimate of drug-likeness (QED) is 0.0358. The average Bonchev–Trinajstić information content (AvgIpc) is 3.54. The molecule has 0 spiro atoms. The highest BCUT2D eigenvalue weighted by molar-refractivity contribution is 6.12. The zero-order valence-electron chi connectivity index (χ0n) is 35.4. The molecule has 21 nitrogen and oxygen atoms in total. The maximum absolute atomic E-state index is 13.4. The first-order valence-electron chi connectivity index (χ1n) is 20.4. The number of aliphatic carboxylic acids is 1. The number of carbonyl (C=O) groups excluding carboxylic acids is 7. The van der Waals surface area contributed by atoms with E-state index in [0.29, 0.717) is 44.2 Å². The van der Waals surface area contributed by atoms with Gasteiger partial charge in [0.15, 0.2) is 6.10 Å². The molecule has 21 heteroatoms. The number of aliphatic hydroxyl groups excluding tert-OH is 3. The van der Waals surface area contributed by atoms with Gasteiger partial charge in [0, 0.05) is 58.2 Å². The van der Waals surface area contributed by atoms with Crippen LogP contribution in [0.4, 0.5) is 5.69 Å². The maximum atomic E-state index is 13.4. The normalized spacial score (nSPS) is 20.3.